The number of amides is 1. The molecule has 1 amide bonds. The number of benzene rings is 1. The molecule has 1 aromatic carbocycles. The van der Waals surface area contributed by atoms with E-state index in [1.54, 1.807) is 35.0 Å². The second kappa shape index (κ2) is 7.89. The maximum atomic E-state index is 12.0. The number of esters is 1. The fraction of sp³-hybridized carbons (Fsp3) is 0.235. The summed E-state index contributed by atoms with van der Waals surface area (Å²) in [7, 11) is 0. The van der Waals surface area contributed by atoms with Gasteiger partial charge < -0.3 is 10.1 Å². The molecular weight excluding hydrogens is 386 g/mol. The van der Waals surface area contributed by atoms with Crippen LogP contribution >= 0.6 is 23.1 Å². The molecule has 10 heteroatoms. The summed E-state index contributed by atoms with van der Waals surface area (Å²) < 4.78 is 7.07. The molecule has 0 radical (unpaired) electrons. The highest BCUT2D eigenvalue weighted by molar-refractivity contribution is 7.99. The average Bonchev–Trinajstić information content (AvgIpc) is 3.17. The first-order valence-corrected chi connectivity index (χ1v) is 10.1. The number of thiophene rings is 1. The van der Waals surface area contributed by atoms with Crippen LogP contribution in [0.25, 0.3) is 0 Å². The molecule has 8 nitrogen and oxygen atoms in total. The lowest BCUT2D eigenvalue weighted by Crippen LogP contribution is -2.12. The van der Waals surface area contributed by atoms with Crippen molar-refractivity contribution in [3.05, 3.63) is 46.7 Å². The first kappa shape index (κ1) is 17.7. The van der Waals surface area contributed by atoms with Crippen molar-refractivity contribution < 1.29 is 14.3 Å². The van der Waals surface area contributed by atoms with Crippen LogP contribution in [0.1, 0.15) is 28.6 Å². The highest BCUT2D eigenvalue weighted by atomic mass is 32.2. The van der Waals surface area contributed by atoms with Gasteiger partial charge in [0.15, 0.2) is 0 Å². The third kappa shape index (κ3) is 4.52. The van der Waals surface area contributed by atoms with Crippen molar-refractivity contribution in [2.24, 2.45) is 0 Å². The van der Waals surface area contributed by atoms with E-state index in [4.69, 9.17) is 4.74 Å². The van der Waals surface area contributed by atoms with E-state index >= 15 is 0 Å². The smallest absolute Gasteiger partial charge is 0.321 e. The highest BCUT2D eigenvalue weighted by Gasteiger charge is 2.28. The molecule has 1 aliphatic carbocycles. The normalized spacial score (nSPS) is 13.3. The number of carbonyl (C=O) groups excluding carboxylic acids is 2. The number of nitrogens with zero attached hydrogens (tertiary/aromatic N) is 4. The minimum absolute atomic E-state index is 0.115. The standard InChI is InChI=1S/C17H15N5O3S2/c23-15(10-27-17-19-20-21-22(17)12-5-6-12)25-13-7-3-11(4-8-13)18-16(24)14-2-1-9-26-14/h1-4,7-9,12H,5-6,10H2,(H,18,24). The monoisotopic (exact) mass is 401 g/mol. The van der Waals surface area contributed by atoms with Gasteiger partial charge in [-0.1, -0.05) is 17.8 Å². The number of ether oxygens (including phenoxy) is 1. The van der Waals surface area contributed by atoms with Crippen molar-refractivity contribution in [2.75, 3.05) is 11.1 Å². The molecule has 0 saturated heterocycles. The summed E-state index contributed by atoms with van der Waals surface area (Å²) in [5.41, 5.74) is 0.631. The van der Waals surface area contributed by atoms with Crippen LogP contribution in [0.2, 0.25) is 0 Å². The summed E-state index contributed by atoms with van der Waals surface area (Å²) in [6.07, 6.45) is 2.14. The Labute approximate surface area is 162 Å². The van der Waals surface area contributed by atoms with E-state index in [9.17, 15) is 9.59 Å². The second-order valence-corrected chi connectivity index (χ2v) is 7.75. The summed E-state index contributed by atoms with van der Waals surface area (Å²) in [4.78, 5) is 24.7. The number of anilines is 1. The Bertz CT molecular complexity index is 936. The molecule has 4 rings (SSSR count). The number of hydrogen-bond donors (Lipinski definition) is 1. The molecule has 0 atom stereocenters. The molecule has 0 bridgehead atoms. The molecule has 0 unspecified atom stereocenters. The molecule has 0 spiro atoms. The molecule has 1 saturated carbocycles. The lowest BCUT2D eigenvalue weighted by molar-refractivity contribution is -0.131. The van der Waals surface area contributed by atoms with E-state index in [0.717, 1.165) is 12.8 Å². The molecule has 2 heterocycles. The molecule has 138 valence electrons. The minimum Gasteiger partial charge on any atom is -0.426 e. The third-order valence-corrected chi connectivity index (χ3v) is 5.54. The highest BCUT2D eigenvalue weighted by Crippen LogP contribution is 2.36. The molecule has 27 heavy (non-hydrogen) atoms. The van der Waals surface area contributed by atoms with E-state index in [-0.39, 0.29) is 17.6 Å². The van der Waals surface area contributed by atoms with Gasteiger partial charge in [0.2, 0.25) is 5.16 Å². The van der Waals surface area contributed by atoms with Gasteiger partial charge in [-0.15, -0.1) is 16.4 Å². The van der Waals surface area contributed by atoms with Gasteiger partial charge in [-0.3, -0.25) is 9.59 Å². The predicted molar refractivity (Wildman–Crippen MR) is 101 cm³/mol. The van der Waals surface area contributed by atoms with Crippen molar-refractivity contribution in [1.82, 2.24) is 20.2 Å². The molecule has 1 aliphatic rings. The molecule has 3 aromatic rings. The summed E-state index contributed by atoms with van der Waals surface area (Å²) in [5, 5.41) is 16.8. The first-order chi connectivity index (χ1) is 13.2. The molecule has 1 N–H and O–H groups in total. The van der Waals surface area contributed by atoms with E-state index in [1.807, 2.05) is 11.4 Å². The average molecular weight is 401 g/mol. The minimum atomic E-state index is -0.388. The Morgan fingerprint density at radius 3 is 2.78 bits per heavy atom. The number of tetrazole rings is 1. The summed E-state index contributed by atoms with van der Waals surface area (Å²) in [6.45, 7) is 0. The summed E-state index contributed by atoms with van der Waals surface area (Å²) in [5.74, 6) is -0.0269. The zero-order chi connectivity index (χ0) is 18.6. The molecule has 2 aromatic heterocycles. The predicted octanol–water partition coefficient (Wildman–Crippen LogP) is 3.02. The number of aromatic nitrogens is 4. The Balaban J connectivity index is 1.28. The third-order valence-electron chi connectivity index (χ3n) is 3.76. The Morgan fingerprint density at radius 1 is 1.26 bits per heavy atom. The summed E-state index contributed by atoms with van der Waals surface area (Å²) in [6, 6.07) is 10.6. The fourth-order valence-electron chi connectivity index (χ4n) is 2.32. The zero-order valence-corrected chi connectivity index (χ0v) is 15.7. The molecule has 1 fully saturated rings. The SMILES string of the molecule is O=C(CSc1nnnn1C1CC1)Oc1ccc(NC(=O)c2cccs2)cc1. The van der Waals surface area contributed by atoms with E-state index in [0.29, 0.717) is 27.5 Å². The maximum Gasteiger partial charge on any atom is 0.321 e. The van der Waals surface area contributed by atoms with Gasteiger partial charge in [0.1, 0.15) is 5.75 Å². The van der Waals surface area contributed by atoms with Gasteiger partial charge in [0.25, 0.3) is 5.91 Å². The van der Waals surface area contributed by atoms with Crippen LogP contribution in [0.4, 0.5) is 5.69 Å². The van der Waals surface area contributed by atoms with Crippen LogP contribution in [0.5, 0.6) is 5.75 Å². The van der Waals surface area contributed by atoms with Crippen LogP contribution in [-0.4, -0.2) is 37.8 Å². The van der Waals surface area contributed by atoms with Crippen molar-refractivity contribution in [3.8, 4) is 5.75 Å². The van der Waals surface area contributed by atoms with Crippen molar-refractivity contribution in [1.29, 1.82) is 0 Å². The first-order valence-electron chi connectivity index (χ1n) is 8.25. The lowest BCUT2D eigenvalue weighted by Gasteiger charge is -2.07. The fourth-order valence-corrected chi connectivity index (χ4v) is 3.66. The van der Waals surface area contributed by atoms with Crippen LogP contribution in [0.3, 0.4) is 0 Å². The van der Waals surface area contributed by atoms with Crippen molar-refractivity contribution >= 4 is 40.7 Å². The maximum absolute atomic E-state index is 12.0. The van der Waals surface area contributed by atoms with Gasteiger partial charge >= 0.3 is 5.97 Å². The van der Waals surface area contributed by atoms with Crippen molar-refractivity contribution in [3.63, 3.8) is 0 Å². The van der Waals surface area contributed by atoms with Gasteiger partial charge in [0.05, 0.1) is 16.7 Å². The Morgan fingerprint density at radius 2 is 2.07 bits per heavy atom. The number of rotatable bonds is 7. The van der Waals surface area contributed by atoms with Gasteiger partial charge in [-0.05, 0) is 59.0 Å². The Hall–Kier alpha value is -2.72. The van der Waals surface area contributed by atoms with Crippen LogP contribution in [0.15, 0.2) is 46.9 Å². The zero-order valence-electron chi connectivity index (χ0n) is 14.1. The van der Waals surface area contributed by atoms with E-state index < -0.39 is 0 Å². The molecule has 0 aliphatic heterocycles. The quantitative estimate of drug-likeness (QED) is 0.369. The lowest BCUT2D eigenvalue weighted by atomic mass is 10.3. The van der Waals surface area contributed by atoms with Crippen LogP contribution in [-0.2, 0) is 4.79 Å². The van der Waals surface area contributed by atoms with Gasteiger partial charge in [-0.25, -0.2) is 4.68 Å². The summed E-state index contributed by atoms with van der Waals surface area (Å²) >= 11 is 2.63. The van der Waals surface area contributed by atoms with Crippen LogP contribution < -0.4 is 10.1 Å². The molecular formula is C17H15N5O3S2. The van der Waals surface area contributed by atoms with Crippen molar-refractivity contribution in [2.45, 2.75) is 24.0 Å². The van der Waals surface area contributed by atoms with E-state index in [1.165, 1.54) is 23.1 Å². The van der Waals surface area contributed by atoms with Crippen LogP contribution in [0, 0.1) is 0 Å². The number of thioether (sulfide) groups is 1. The number of carbonyl (C=O) groups is 2. The Kier molecular flexibility index (Phi) is 5.16. The number of hydrogen-bond acceptors (Lipinski definition) is 8. The van der Waals surface area contributed by atoms with E-state index in [2.05, 4.69) is 20.8 Å². The number of nitrogens with one attached hydrogen (secondary N) is 1. The largest absolute Gasteiger partial charge is 0.426 e. The topological polar surface area (TPSA) is 99.0 Å². The van der Waals surface area contributed by atoms with Gasteiger partial charge in [0, 0.05) is 5.69 Å². The van der Waals surface area contributed by atoms with Gasteiger partial charge in [-0.2, -0.15) is 0 Å². The second-order valence-electron chi connectivity index (χ2n) is 5.86.